The summed E-state index contributed by atoms with van der Waals surface area (Å²) in [5.41, 5.74) is 1.35. The maximum Gasteiger partial charge on any atom is 0.0636 e. The Hall–Kier alpha value is -0.380. The van der Waals surface area contributed by atoms with Gasteiger partial charge in [0.05, 0.1) is 6.10 Å². The minimum atomic E-state index is -0.280. The molecule has 0 aliphatic heterocycles. The van der Waals surface area contributed by atoms with Crippen molar-refractivity contribution in [2.75, 3.05) is 6.54 Å². The minimum Gasteiger partial charge on any atom is -0.392 e. The van der Waals surface area contributed by atoms with E-state index in [-0.39, 0.29) is 6.10 Å². The Morgan fingerprint density at radius 2 is 2.07 bits per heavy atom. The average Bonchev–Trinajstić information content (AvgIpc) is 2.41. The summed E-state index contributed by atoms with van der Waals surface area (Å²) in [6, 6.07) is 2.55. The second-order valence-electron chi connectivity index (χ2n) is 3.85. The number of hydrogen-bond acceptors (Lipinski definition) is 3. The maximum absolute atomic E-state index is 9.16. The molecule has 14 heavy (non-hydrogen) atoms. The Kier molecular flexibility index (Phi) is 4.11. The van der Waals surface area contributed by atoms with Crippen molar-refractivity contribution in [1.82, 2.24) is 5.32 Å². The minimum absolute atomic E-state index is 0.280. The second kappa shape index (κ2) is 4.91. The molecule has 2 atom stereocenters. The van der Waals surface area contributed by atoms with Crippen LogP contribution < -0.4 is 5.32 Å². The molecule has 0 bridgehead atoms. The van der Waals surface area contributed by atoms with E-state index >= 15 is 0 Å². The normalized spacial score (nSPS) is 15.5. The van der Waals surface area contributed by atoms with E-state index in [2.05, 4.69) is 32.2 Å². The first-order valence-corrected chi connectivity index (χ1v) is 5.80. The molecule has 0 aliphatic rings. The highest BCUT2D eigenvalue weighted by atomic mass is 32.1. The molecule has 3 heteroatoms. The summed E-state index contributed by atoms with van der Waals surface area (Å²) in [7, 11) is 0. The van der Waals surface area contributed by atoms with Crippen LogP contribution in [0.3, 0.4) is 0 Å². The SMILES string of the molecule is Cc1cc(C(C)NC[C@@H](C)O)c(C)s1. The quantitative estimate of drug-likeness (QED) is 0.805. The number of rotatable bonds is 4. The van der Waals surface area contributed by atoms with Crippen molar-refractivity contribution in [2.45, 2.75) is 39.8 Å². The molecule has 0 aliphatic carbocycles. The monoisotopic (exact) mass is 213 g/mol. The van der Waals surface area contributed by atoms with Crippen molar-refractivity contribution in [3.05, 3.63) is 21.4 Å². The lowest BCUT2D eigenvalue weighted by Gasteiger charge is -2.14. The number of aliphatic hydroxyl groups excluding tert-OH is 1. The molecule has 0 aromatic carbocycles. The maximum atomic E-state index is 9.16. The number of thiophene rings is 1. The van der Waals surface area contributed by atoms with Crippen LogP contribution in [0.1, 0.15) is 35.2 Å². The van der Waals surface area contributed by atoms with Crippen LogP contribution >= 0.6 is 11.3 Å². The van der Waals surface area contributed by atoms with Crippen LogP contribution in [0.4, 0.5) is 0 Å². The zero-order valence-electron chi connectivity index (χ0n) is 9.29. The first kappa shape index (κ1) is 11.7. The molecule has 1 aromatic rings. The molecule has 0 fully saturated rings. The molecule has 0 spiro atoms. The number of aliphatic hydroxyl groups is 1. The first-order chi connectivity index (χ1) is 6.50. The second-order valence-corrected chi connectivity index (χ2v) is 5.31. The Morgan fingerprint density at radius 3 is 2.50 bits per heavy atom. The zero-order valence-corrected chi connectivity index (χ0v) is 10.1. The van der Waals surface area contributed by atoms with Crippen LogP contribution in [0.5, 0.6) is 0 Å². The van der Waals surface area contributed by atoms with Gasteiger partial charge in [-0.3, -0.25) is 0 Å². The highest BCUT2D eigenvalue weighted by molar-refractivity contribution is 7.12. The van der Waals surface area contributed by atoms with Gasteiger partial charge in [0, 0.05) is 22.3 Å². The Labute approximate surface area is 90.0 Å². The Morgan fingerprint density at radius 1 is 1.43 bits per heavy atom. The third-order valence-electron chi connectivity index (χ3n) is 2.27. The van der Waals surface area contributed by atoms with Gasteiger partial charge in [-0.15, -0.1) is 11.3 Å². The van der Waals surface area contributed by atoms with Crippen molar-refractivity contribution in [2.24, 2.45) is 0 Å². The van der Waals surface area contributed by atoms with Crippen molar-refractivity contribution in [3.63, 3.8) is 0 Å². The van der Waals surface area contributed by atoms with Crippen LogP contribution in [0.25, 0.3) is 0 Å². The van der Waals surface area contributed by atoms with E-state index < -0.39 is 0 Å². The first-order valence-electron chi connectivity index (χ1n) is 4.99. The lowest BCUT2D eigenvalue weighted by atomic mass is 10.1. The Balaban J connectivity index is 2.60. The van der Waals surface area contributed by atoms with Gasteiger partial charge in [0.15, 0.2) is 0 Å². The van der Waals surface area contributed by atoms with E-state index in [0.29, 0.717) is 12.6 Å². The van der Waals surface area contributed by atoms with Gasteiger partial charge >= 0.3 is 0 Å². The standard InChI is InChI=1S/C11H19NOS/c1-7(13)6-12-9(3)11-5-8(2)14-10(11)4/h5,7,9,12-13H,6H2,1-4H3/t7-,9?/m1/s1. The van der Waals surface area contributed by atoms with Gasteiger partial charge in [-0.1, -0.05) is 0 Å². The summed E-state index contributed by atoms with van der Waals surface area (Å²) < 4.78 is 0. The smallest absolute Gasteiger partial charge is 0.0636 e. The molecule has 1 rings (SSSR count). The van der Waals surface area contributed by atoms with Gasteiger partial charge in [-0.2, -0.15) is 0 Å². The van der Waals surface area contributed by atoms with Crippen LogP contribution in [-0.2, 0) is 0 Å². The molecule has 0 radical (unpaired) electrons. The fourth-order valence-corrected chi connectivity index (χ4v) is 2.56. The van der Waals surface area contributed by atoms with Gasteiger partial charge < -0.3 is 10.4 Å². The molecule has 0 saturated heterocycles. The van der Waals surface area contributed by atoms with E-state index in [0.717, 1.165) is 0 Å². The fourth-order valence-electron chi connectivity index (χ4n) is 1.54. The molecule has 0 saturated carbocycles. The fraction of sp³-hybridized carbons (Fsp3) is 0.636. The van der Waals surface area contributed by atoms with Gasteiger partial charge in [-0.05, 0) is 39.3 Å². The molecule has 1 aromatic heterocycles. The largest absolute Gasteiger partial charge is 0.392 e. The summed E-state index contributed by atoms with van der Waals surface area (Å²) in [6.45, 7) is 8.86. The van der Waals surface area contributed by atoms with Gasteiger partial charge in [-0.25, -0.2) is 0 Å². The molecule has 2 nitrogen and oxygen atoms in total. The average molecular weight is 213 g/mol. The van der Waals surface area contributed by atoms with Gasteiger partial charge in [0.1, 0.15) is 0 Å². The summed E-state index contributed by atoms with van der Waals surface area (Å²) in [5, 5.41) is 12.5. The van der Waals surface area contributed by atoms with Crippen molar-refractivity contribution in [1.29, 1.82) is 0 Å². The van der Waals surface area contributed by atoms with Gasteiger partial charge in [0.25, 0.3) is 0 Å². The van der Waals surface area contributed by atoms with E-state index in [1.807, 2.05) is 11.3 Å². The van der Waals surface area contributed by atoms with Gasteiger partial charge in [0.2, 0.25) is 0 Å². The van der Waals surface area contributed by atoms with Crippen molar-refractivity contribution < 1.29 is 5.11 Å². The molecular formula is C11H19NOS. The number of hydrogen-bond donors (Lipinski definition) is 2. The third-order valence-corrected chi connectivity index (χ3v) is 3.25. The molecule has 1 heterocycles. The molecule has 1 unspecified atom stereocenters. The van der Waals surface area contributed by atoms with E-state index in [1.165, 1.54) is 15.3 Å². The highest BCUT2D eigenvalue weighted by Crippen LogP contribution is 2.25. The predicted molar refractivity (Wildman–Crippen MR) is 61.9 cm³/mol. The Bertz CT molecular complexity index is 293. The lowest BCUT2D eigenvalue weighted by Crippen LogP contribution is -2.27. The highest BCUT2D eigenvalue weighted by Gasteiger charge is 2.10. The van der Waals surface area contributed by atoms with Crippen molar-refractivity contribution >= 4 is 11.3 Å². The summed E-state index contributed by atoms with van der Waals surface area (Å²) >= 11 is 1.83. The topological polar surface area (TPSA) is 32.3 Å². The van der Waals surface area contributed by atoms with Crippen LogP contribution in [0.15, 0.2) is 6.07 Å². The summed E-state index contributed by atoms with van der Waals surface area (Å²) in [4.78, 5) is 2.72. The molecule has 0 amide bonds. The van der Waals surface area contributed by atoms with Crippen LogP contribution in [0, 0.1) is 13.8 Å². The number of nitrogens with one attached hydrogen (secondary N) is 1. The number of aryl methyl sites for hydroxylation is 2. The van der Waals surface area contributed by atoms with E-state index in [9.17, 15) is 0 Å². The van der Waals surface area contributed by atoms with E-state index in [1.54, 1.807) is 6.92 Å². The predicted octanol–water partition coefficient (Wildman–Crippen LogP) is 2.40. The van der Waals surface area contributed by atoms with Crippen molar-refractivity contribution in [3.8, 4) is 0 Å². The molecule has 2 N–H and O–H groups in total. The summed E-state index contributed by atoms with van der Waals surface area (Å²) in [5.74, 6) is 0. The molecular weight excluding hydrogens is 194 g/mol. The van der Waals surface area contributed by atoms with E-state index in [4.69, 9.17) is 5.11 Å². The summed E-state index contributed by atoms with van der Waals surface area (Å²) in [6.07, 6.45) is -0.280. The lowest BCUT2D eigenvalue weighted by molar-refractivity contribution is 0.187. The van der Waals surface area contributed by atoms with Crippen LogP contribution in [-0.4, -0.2) is 17.8 Å². The third kappa shape index (κ3) is 3.08. The zero-order chi connectivity index (χ0) is 10.7. The molecule has 80 valence electrons. The van der Waals surface area contributed by atoms with Crippen LogP contribution in [0.2, 0.25) is 0 Å².